The molecule has 1 unspecified atom stereocenters. The van der Waals surface area contributed by atoms with E-state index in [4.69, 9.17) is 16.2 Å². The van der Waals surface area contributed by atoms with Gasteiger partial charge in [0.25, 0.3) is 5.69 Å². The smallest absolute Gasteiger partial charge is 0.270 e. The average Bonchev–Trinajstić information content (AvgIpc) is 2.04. The molecule has 0 aromatic heterocycles. The van der Waals surface area contributed by atoms with Crippen molar-refractivity contribution in [1.29, 1.82) is 0 Å². The van der Waals surface area contributed by atoms with E-state index >= 15 is 0 Å². The maximum Gasteiger partial charge on any atom is 0.270 e. The zero-order chi connectivity index (χ0) is 10.0. The molecular formula is C6H4ClNNaO4S. The summed E-state index contributed by atoms with van der Waals surface area (Å²) in [4.78, 5) is 9.45. The third-order valence-corrected chi connectivity index (χ3v) is 2.47. The van der Waals surface area contributed by atoms with Gasteiger partial charge in [-0.05, 0) is 6.07 Å². The van der Waals surface area contributed by atoms with Crippen LogP contribution in [0.15, 0.2) is 23.1 Å². The van der Waals surface area contributed by atoms with Gasteiger partial charge in [0.15, 0.2) is 11.1 Å². The summed E-state index contributed by atoms with van der Waals surface area (Å²) in [6, 6.07) is 3.35. The Balaban J connectivity index is 0.00000169. The van der Waals surface area contributed by atoms with Crippen molar-refractivity contribution in [3.63, 3.8) is 0 Å². The molecule has 5 nitrogen and oxygen atoms in total. The van der Waals surface area contributed by atoms with Crippen LogP contribution in [-0.4, -0.2) is 43.2 Å². The van der Waals surface area contributed by atoms with E-state index in [2.05, 4.69) is 0 Å². The third-order valence-electron chi connectivity index (χ3n) is 1.31. The van der Waals surface area contributed by atoms with Crippen LogP contribution in [0.3, 0.4) is 0 Å². The first kappa shape index (κ1) is 14.0. The van der Waals surface area contributed by atoms with Crippen molar-refractivity contribution in [3.05, 3.63) is 33.3 Å². The van der Waals surface area contributed by atoms with E-state index in [0.717, 1.165) is 6.07 Å². The van der Waals surface area contributed by atoms with Crippen molar-refractivity contribution in [2.75, 3.05) is 0 Å². The van der Waals surface area contributed by atoms with E-state index in [0.29, 0.717) is 0 Å². The van der Waals surface area contributed by atoms with Crippen molar-refractivity contribution in [1.82, 2.24) is 0 Å². The molecule has 0 aliphatic carbocycles. The van der Waals surface area contributed by atoms with Gasteiger partial charge in [0.05, 0.1) is 14.8 Å². The van der Waals surface area contributed by atoms with Crippen LogP contribution in [0.25, 0.3) is 0 Å². The van der Waals surface area contributed by atoms with Gasteiger partial charge in [-0.1, -0.05) is 11.6 Å². The summed E-state index contributed by atoms with van der Waals surface area (Å²) >= 11 is 3.22. The van der Waals surface area contributed by atoms with Gasteiger partial charge in [-0.3, -0.25) is 10.1 Å². The molecule has 0 saturated carbocycles. The molecule has 0 spiro atoms. The second kappa shape index (κ2) is 5.79. The molecule has 0 amide bonds. The van der Waals surface area contributed by atoms with E-state index < -0.39 is 16.0 Å². The standard InChI is InChI=1S/C6H4ClNO4S.Na/c7-5-2-1-4(8(9)10)3-6(5)13(11)12;/h1-3H,(H,11,12);. The Kier molecular flexibility index (Phi) is 5.80. The number of benzene rings is 1. The molecule has 0 saturated heterocycles. The summed E-state index contributed by atoms with van der Waals surface area (Å²) in [5.41, 5.74) is -0.262. The number of halogens is 1. The fraction of sp³-hybridized carbons (Fsp3) is 0. The second-order valence-electron chi connectivity index (χ2n) is 2.12. The molecule has 0 aliphatic heterocycles. The van der Waals surface area contributed by atoms with Crippen LogP contribution in [-0.2, 0) is 11.1 Å². The predicted octanol–water partition coefficient (Wildman–Crippen LogP) is 1.45. The van der Waals surface area contributed by atoms with Crippen molar-refractivity contribution in [3.8, 4) is 0 Å². The van der Waals surface area contributed by atoms with Crippen molar-refractivity contribution in [2.45, 2.75) is 4.90 Å². The largest absolute Gasteiger partial charge is 0.302 e. The first-order valence-electron chi connectivity index (χ1n) is 3.07. The molecular weight excluding hydrogens is 241 g/mol. The maximum absolute atomic E-state index is 10.6. The summed E-state index contributed by atoms with van der Waals surface area (Å²) in [7, 11) is 0. The molecule has 8 heteroatoms. The van der Waals surface area contributed by atoms with Gasteiger partial charge in [-0.25, -0.2) is 4.21 Å². The molecule has 0 fully saturated rings. The Labute approximate surface area is 109 Å². The monoisotopic (exact) mass is 244 g/mol. The van der Waals surface area contributed by atoms with Gasteiger partial charge in [0, 0.05) is 41.7 Å². The Bertz CT molecular complexity index is 386. The SMILES string of the molecule is O=[N+]([O-])c1ccc(Cl)c(S(=O)O)c1.[Na]. The number of nitro benzene ring substituents is 1. The second-order valence-corrected chi connectivity index (χ2v) is 3.47. The average molecular weight is 245 g/mol. The van der Waals surface area contributed by atoms with Crippen LogP contribution in [0.2, 0.25) is 5.02 Å². The van der Waals surface area contributed by atoms with Crippen molar-refractivity contribution >= 4 is 57.9 Å². The minimum atomic E-state index is -2.30. The summed E-state index contributed by atoms with van der Waals surface area (Å²) < 4.78 is 19.3. The quantitative estimate of drug-likeness (QED) is 0.369. The molecule has 71 valence electrons. The molecule has 0 heterocycles. The minimum absolute atomic E-state index is 0. The molecule has 0 bridgehead atoms. The molecule has 1 atom stereocenters. The van der Waals surface area contributed by atoms with Crippen LogP contribution in [0.5, 0.6) is 0 Å². The number of non-ortho nitro benzene ring substituents is 1. The van der Waals surface area contributed by atoms with Crippen LogP contribution in [0, 0.1) is 10.1 Å². The Morgan fingerprint density at radius 3 is 2.50 bits per heavy atom. The van der Waals surface area contributed by atoms with Gasteiger partial charge in [0.1, 0.15) is 0 Å². The summed E-state index contributed by atoms with van der Waals surface area (Å²) in [6.07, 6.45) is 0. The summed E-state index contributed by atoms with van der Waals surface area (Å²) in [6.45, 7) is 0. The van der Waals surface area contributed by atoms with Crippen LogP contribution < -0.4 is 0 Å². The zero-order valence-corrected chi connectivity index (χ0v) is 10.7. The molecule has 1 N–H and O–H groups in total. The normalized spacial score (nSPS) is 11.6. The van der Waals surface area contributed by atoms with Crippen LogP contribution in [0.1, 0.15) is 0 Å². The number of nitro groups is 1. The number of nitrogens with zero attached hydrogens (tertiary/aromatic N) is 1. The molecule has 0 aliphatic rings. The molecule has 1 radical (unpaired) electrons. The van der Waals surface area contributed by atoms with Gasteiger partial charge in [0.2, 0.25) is 0 Å². The fourth-order valence-corrected chi connectivity index (χ4v) is 1.51. The van der Waals surface area contributed by atoms with Gasteiger partial charge >= 0.3 is 0 Å². The first-order chi connectivity index (χ1) is 6.02. The minimum Gasteiger partial charge on any atom is -0.302 e. The summed E-state index contributed by atoms with van der Waals surface area (Å²) in [5.74, 6) is 0. The van der Waals surface area contributed by atoms with Gasteiger partial charge in [-0.2, -0.15) is 0 Å². The van der Waals surface area contributed by atoms with E-state index in [-0.39, 0.29) is 45.2 Å². The van der Waals surface area contributed by atoms with Crippen LogP contribution in [0.4, 0.5) is 5.69 Å². The molecule has 1 aromatic rings. The van der Waals surface area contributed by atoms with Crippen molar-refractivity contribution < 1.29 is 13.7 Å². The van der Waals surface area contributed by atoms with Crippen molar-refractivity contribution in [2.24, 2.45) is 0 Å². The van der Waals surface area contributed by atoms with Gasteiger partial charge in [-0.15, -0.1) is 0 Å². The number of rotatable bonds is 2. The molecule has 1 rings (SSSR count). The van der Waals surface area contributed by atoms with E-state index in [1.54, 1.807) is 0 Å². The van der Waals surface area contributed by atoms with E-state index in [1.807, 2.05) is 0 Å². The summed E-state index contributed by atoms with van der Waals surface area (Å²) in [5, 5.41) is 10.3. The third kappa shape index (κ3) is 3.30. The van der Waals surface area contributed by atoms with Crippen LogP contribution >= 0.6 is 11.6 Å². The fourth-order valence-electron chi connectivity index (χ4n) is 0.739. The number of hydrogen-bond donors (Lipinski definition) is 1. The van der Waals surface area contributed by atoms with Gasteiger partial charge < -0.3 is 4.55 Å². The molecule has 14 heavy (non-hydrogen) atoms. The predicted molar refractivity (Wildman–Crippen MR) is 52.9 cm³/mol. The topological polar surface area (TPSA) is 80.4 Å². The Hall–Kier alpha value is 0.0200. The van der Waals surface area contributed by atoms with E-state index in [1.165, 1.54) is 12.1 Å². The number of hydrogen-bond acceptors (Lipinski definition) is 3. The zero-order valence-electron chi connectivity index (χ0n) is 7.14. The first-order valence-corrected chi connectivity index (χ1v) is 4.55. The Morgan fingerprint density at radius 2 is 2.07 bits per heavy atom. The van der Waals surface area contributed by atoms with E-state index in [9.17, 15) is 14.3 Å². The Morgan fingerprint density at radius 1 is 1.50 bits per heavy atom. The maximum atomic E-state index is 10.6. The molecule has 1 aromatic carbocycles.